The van der Waals surface area contributed by atoms with E-state index in [-0.39, 0.29) is 11.5 Å². The fourth-order valence-corrected chi connectivity index (χ4v) is 4.43. The molecule has 0 bridgehead atoms. The van der Waals surface area contributed by atoms with E-state index < -0.39 is 0 Å². The number of nitriles is 1. The lowest BCUT2D eigenvalue weighted by Gasteiger charge is -2.26. The molecule has 0 saturated carbocycles. The van der Waals surface area contributed by atoms with Gasteiger partial charge in [-0.15, -0.1) is 5.10 Å². The minimum absolute atomic E-state index is 0.142. The van der Waals surface area contributed by atoms with Crippen LogP contribution in [0.25, 0.3) is 0 Å². The lowest BCUT2D eigenvalue weighted by molar-refractivity contribution is 0.255. The summed E-state index contributed by atoms with van der Waals surface area (Å²) >= 11 is 0. The normalized spacial score (nSPS) is 15.8. The number of likely N-dealkylation sites (tertiary alicyclic amines) is 1. The molecule has 1 atom stereocenters. The number of likely N-dealkylation sites (N-methyl/N-ethyl adjacent to an activating group) is 1. The van der Waals surface area contributed by atoms with Gasteiger partial charge in [0.25, 0.3) is 0 Å². The molecule has 3 N–H and O–H groups in total. The zero-order valence-corrected chi connectivity index (χ0v) is 22.1. The highest BCUT2D eigenvalue weighted by molar-refractivity contribution is 5.86. The number of hydrogen-bond donors (Lipinski definition) is 2. The van der Waals surface area contributed by atoms with E-state index in [4.69, 9.17) is 10.5 Å². The van der Waals surface area contributed by atoms with E-state index >= 15 is 0 Å². The number of pyridine rings is 1. The highest BCUT2D eigenvalue weighted by Crippen LogP contribution is 2.30. The summed E-state index contributed by atoms with van der Waals surface area (Å²) in [5, 5.41) is 17.8. The van der Waals surface area contributed by atoms with Crippen LogP contribution in [0.1, 0.15) is 31.7 Å². The molecule has 2 aromatic heterocycles. The number of ether oxygens (including phenoxy) is 1. The van der Waals surface area contributed by atoms with Crippen LogP contribution in [0.15, 0.2) is 58.8 Å². The fraction of sp³-hybridized carbons (Fsp3) is 0.370. The van der Waals surface area contributed by atoms with Crippen LogP contribution >= 0.6 is 0 Å². The van der Waals surface area contributed by atoms with Crippen molar-refractivity contribution in [2.24, 2.45) is 15.7 Å². The van der Waals surface area contributed by atoms with Gasteiger partial charge >= 0.3 is 0 Å². The molecule has 4 rings (SSSR count). The second-order valence-electron chi connectivity index (χ2n) is 9.13. The maximum Gasteiger partial charge on any atom is 0.218 e. The van der Waals surface area contributed by atoms with Crippen molar-refractivity contribution in [3.63, 3.8) is 0 Å². The molecule has 0 radical (unpaired) electrons. The monoisotopic (exact) mass is 514 g/mol. The molecule has 11 nitrogen and oxygen atoms in total. The first-order chi connectivity index (χ1) is 18.5. The molecular formula is C27H34N10O. The molecule has 0 amide bonds. The molecule has 1 aromatic carbocycles. The average Bonchev–Trinajstić information content (AvgIpc) is 3.52. The Morgan fingerprint density at radius 2 is 2.00 bits per heavy atom. The Morgan fingerprint density at radius 3 is 2.68 bits per heavy atom. The number of benzene rings is 1. The fourth-order valence-electron chi connectivity index (χ4n) is 4.43. The standard InChI is InChI=1S/C27H34N10O/c1-4-15-35(3)18-21-6-5-16-36(21)19-32-26-24(17-28)25(34-37(26)27(29)30-2)33-20-7-9-22(10-8-20)38-23-11-13-31-14-12-23/h7-14,19,21H,4-6,15-16,18H2,1-3H3,(H2,29,30)(H,33,34)/b32-19+. The van der Waals surface area contributed by atoms with Crippen LogP contribution in [0.2, 0.25) is 0 Å². The molecule has 0 aliphatic carbocycles. The van der Waals surface area contributed by atoms with E-state index in [1.54, 1.807) is 31.6 Å². The number of rotatable bonds is 10. The van der Waals surface area contributed by atoms with Gasteiger partial charge in [0, 0.05) is 44.3 Å². The lowest BCUT2D eigenvalue weighted by Crippen LogP contribution is -2.38. The van der Waals surface area contributed by atoms with Crippen LogP contribution in [0, 0.1) is 11.3 Å². The highest BCUT2D eigenvalue weighted by Gasteiger charge is 2.25. The molecular weight excluding hydrogens is 480 g/mol. The van der Waals surface area contributed by atoms with Gasteiger partial charge in [-0.1, -0.05) is 6.92 Å². The zero-order valence-electron chi connectivity index (χ0n) is 22.1. The number of anilines is 2. The Balaban J connectivity index is 1.55. The van der Waals surface area contributed by atoms with E-state index in [9.17, 15) is 5.26 Å². The predicted octanol–water partition coefficient (Wildman–Crippen LogP) is 3.94. The van der Waals surface area contributed by atoms with Gasteiger partial charge in [-0.2, -0.15) is 9.94 Å². The van der Waals surface area contributed by atoms with E-state index in [0.29, 0.717) is 29.2 Å². The molecule has 1 aliphatic heterocycles. The van der Waals surface area contributed by atoms with Gasteiger partial charge in [-0.3, -0.25) is 9.98 Å². The van der Waals surface area contributed by atoms with Crippen LogP contribution < -0.4 is 15.8 Å². The van der Waals surface area contributed by atoms with Crippen molar-refractivity contribution in [3.05, 3.63) is 54.4 Å². The minimum Gasteiger partial charge on any atom is -0.457 e. The number of hydrogen-bond acceptors (Lipinski definition) is 8. The second-order valence-corrected chi connectivity index (χ2v) is 9.13. The van der Waals surface area contributed by atoms with Crippen molar-refractivity contribution < 1.29 is 4.74 Å². The third kappa shape index (κ3) is 6.46. The first-order valence-corrected chi connectivity index (χ1v) is 12.7. The van der Waals surface area contributed by atoms with Crippen LogP contribution in [0.4, 0.5) is 17.3 Å². The molecule has 11 heteroatoms. The van der Waals surface area contributed by atoms with Gasteiger partial charge in [0.15, 0.2) is 11.6 Å². The number of aliphatic imine (C=N–C) groups is 2. The Labute approximate surface area is 223 Å². The van der Waals surface area contributed by atoms with Gasteiger partial charge in [0.05, 0.1) is 6.34 Å². The quantitative estimate of drug-likeness (QED) is 0.307. The van der Waals surface area contributed by atoms with Crippen molar-refractivity contribution in [3.8, 4) is 17.6 Å². The summed E-state index contributed by atoms with van der Waals surface area (Å²) in [7, 11) is 3.72. The smallest absolute Gasteiger partial charge is 0.218 e. The van der Waals surface area contributed by atoms with E-state index in [0.717, 1.165) is 44.6 Å². The summed E-state index contributed by atoms with van der Waals surface area (Å²) in [5.74, 6) is 2.19. The summed E-state index contributed by atoms with van der Waals surface area (Å²) in [4.78, 5) is 17.3. The third-order valence-electron chi connectivity index (χ3n) is 6.30. The summed E-state index contributed by atoms with van der Waals surface area (Å²) in [5.41, 5.74) is 7.14. The van der Waals surface area contributed by atoms with Crippen molar-refractivity contribution in [1.29, 1.82) is 5.26 Å². The Hall–Kier alpha value is -4.43. The molecule has 0 spiro atoms. The lowest BCUT2D eigenvalue weighted by atomic mass is 10.2. The Kier molecular flexibility index (Phi) is 8.89. The maximum atomic E-state index is 10.0. The Morgan fingerprint density at radius 1 is 1.26 bits per heavy atom. The largest absolute Gasteiger partial charge is 0.457 e. The molecule has 1 aliphatic rings. The van der Waals surface area contributed by atoms with Crippen molar-refractivity contribution >= 4 is 29.6 Å². The SMILES string of the molecule is CCCN(C)CC1CCCN1/C=N/c1c(C#N)c(Nc2ccc(Oc3ccncc3)cc2)nn1C(N)=NC. The van der Waals surface area contributed by atoms with Crippen molar-refractivity contribution in [2.75, 3.05) is 39.0 Å². The topological polar surface area (TPSA) is 133 Å². The summed E-state index contributed by atoms with van der Waals surface area (Å²) in [6, 6.07) is 13.5. The summed E-state index contributed by atoms with van der Waals surface area (Å²) in [6.07, 6.45) is 8.48. The molecule has 3 heterocycles. The molecule has 1 saturated heterocycles. The van der Waals surface area contributed by atoms with Crippen LogP contribution in [-0.2, 0) is 0 Å². The molecule has 1 fully saturated rings. The van der Waals surface area contributed by atoms with Gasteiger partial charge in [0.1, 0.15) is 23.1 Å². The van der Waals surface area contributed by atoms with Gasteiger partial charge in [-0.05, 0) is 69.3 Å². The minimum atomic E-state index is 0.142. The molecule has 1 unspecified atom stereocenters. The predicted molar refractivity (Wildman–Crippen MR) is 150 cm³/mol. The van der Waals surface area contributed by atoms with Crippen molar-refractivity contribution in [1.82, 2.24) is 24.6 Å². The van der Waals surface area contributed by atoms with E-state index in [1.807, 2.05) is 30.6 Å². The van der Waals surface area contributed by atoms with Crippen LogP contribution in [0.3, 0.4) is 0 Å². The Bertz CT molecular complexity index is 1290. The molecule has 3 aromatic rings. The summed E-state index contributed by atoms with van der Waals surface area (Å²) < 4.78 is 7.22. The average molecular weight is 515 g/mol. The molecule has 198 valence electrons. The van der Waals surface area contributed by atoms with Crippen LogP contribution in [-0.4, -0.2) is 76.6 Å². The van der Waals surface area contributed by atoms with Gasteiger partial charge in [-0.25, -0.2) is 4.99 Å². The number of nitrogens with one attached hydrogen (secondary N) is 1. The highest BCUT2D eigenvalue weighted by atomic mass is 16.5. The molecule has 38 heavy (non-hydrogen) atoms. The number of nitrogens with zero attached hydrogens (tertiary/aromatic N) is 8. The third-order valence-corrected chi connectivity index (χ3v) is 6.30. The zero-order chi connectivity index (χ0) is 26.9. The second kappa shape index (κ2) is 12.7. The number of aromatic nitrogens is 3. The first-order valence-electron chi connectivity index (χ1n) is 12.7. The van der Waals surface area contributed by atoms with E-state index in [1.165, 1.54) is 4.68 Å². The maximum absolute atomic E-state index is 10.0. The van der Waals surface area contributed by atoms with Crippen LogP contribution in [0.5, 0.6) is 11.5 Å². The first kappa shape index (κ1) is 26.6. The van der Waals surface area contributed by atoms with E-state index in [2.05, 4.69) is 55.2 Å². The van der Waals surface area contributed by atoms with Gasteiger partial charge in [0.2, 0.25) is 5.96 Å². The van der Waals surface area contributed by atoms with Crippen molar-refractivity contribution in [2.45, 2.75) is 32.2 Å². The summed E-state index contributed by atoms with van der Waals surface area (Å²) in [6.45, 7) is 5.13. The number of nitrogens with two attached hydrogens (primary N) is 1. The van der Waals surface area contributed by atoms with Gasteiger partial charge < -0.3 is 25.6 Å².